The fourth-order valence-electron chi connectivity index (χ4n) is 1.94. The van der Waals surface area contributed by atoms with Crippen LogP contribution in [0.25, 0.3) is 0 Å². The molecule has 0 aliphatic heterocycles. The molecule has 1 amide bonds. The summed E-state index contributed by atoms with van der Waals surface area (Å²) in [6.07, 6.45) is 5.87. The van der Waals surface area contributed by atoms with Crippen molar-refractivity contribution in [2.24, 2.45) is 5.73 Å². The number of carboxylic acids is 1. The van der Waals surface area contributed by atoms with Gasteiger partial charge in [0.15, 0.2) is 0 Å². The van der Waals surface area contributed by atoms with Crippen molar-refractivity contribution < 1.29 is 14.7 Å². The Bertz CT molecular complexity index is 301. The number of thioether (sulfide) groups is 1. The lowest BCUT2D eigenvalue weighted by Gasteiger charge is -2.09. The summed E-state index contributed by atoms with van der Waals surface area (Å²) in [6, 6.07) is -0.789. The van der Waals surface area contributed by atoms with E-state index in [4.69, 9.17) is 10.8 Å². The molecule has 0 aromatic carbocycles. The van der Waals surface area contributed by atoms with Gasteiger partial charge in [0.1, 0.15) is 6.04 Å². The van der Waals surface area contributed by atoms with Crippen LogP contribution in [0.15, 0.2) is 0 Å². The first-order valence-corrected chi connectivity index (χ1v) is 8.89. The van der Waals surface area contributed by atoms with E-state index in [1.807, 2.05) is 11.8 Å². The van der Waals surface area contributed by atoms with E-state index in [1.165, 1.54) is 12.8 Å². The smallest absolute Gasteiger partial charge is 0.320 e. The van der Waals surface area contributed by atoms with Crippen LogP contribution in [-0.2, 0) is 9.59 Å². The molecular formula is C15H30N2O3S. The van der Waals surface area contributed by atoms with Gasteiger partial charge in [0.2, 0.25) is 5.91 Å². The van der Waals surface area contributed by atoms with Gasteiger partial charge in [-0.1, -0.05) is 20.3 Å². The Kier molecular flexibility index (Phi) is 12.5. The number of aliphatic carboxylic acids is 1. The number of carbonyl (C=O) groups is 2. The molecule has 0 aliphatic rings. The normalized spacial score (nSPS) is 13.7. The molecule has 21 heavy (non-hydrogen) atoms. The van der Waals surface area contributed by atoms with Gasteiger partial charge in [-0.15, -0.1) is 0 Å². The summed E-state index contributed by atoms with van der Waals surface area (Å²) in [5.41, 5.74) is 5.40. The van der Waals surface area contributed by atoms with Crippen LogP contribution in [0.1, 0.15) is 58.8 Å². The number of carboxylic acid groups (broad SMARTS) is 1. The third-order valence-electron chi connectivity index (χ3n) is 3.23. The minimum atomic E-state index is -0.964. The second-order valence-corrected chi connectivity index (χ2v) is 6.91. The number of carbonyl (C=O) groups excluding carboxylic acids is 1. The number of unbranched alkanes of at least 4 members (excludes halogenated alkanes) is 1. The molecule has 5 nitrogen and oxygen atoms in total. The van der Waals surface area contributed by atoms with Crippen LogP contribution in [0, 0.1) is 0 Å². The maximum absolute atomic E-state index is 11.6. The van der Waals surface area contributed by atoms with Gasteiger partial charge in [-0.25, -0.2) is 0 Å². The fraction of sp³-hybridized carbons (Fsp3) is 0.867. The van der Waals surface area contributed by atoms with Gasteiger partial charge < -0.3 is 16.2 Å². The summed E-state index contributed by atoms with van der Waals surface area (Å²) in [6.45, 7) is 5.02. The number of hydrogen-bond acceptors (Lipinski definition) is 4. The van der Waals surface area contributed by atoms with E-state index in [9.17, 15) is 9.59 Å². The highest BCUT2D eigenvalue weighted by molar-refractivity contribution is 7.99. The van der Waals surface area contributed by atoms with Crippen LogP contribution in [-0.4, -0.2) is 40.6 Å². The molecule has 2 atom stereocenters. The van der Waals surface area contributed by atoms with Crippen molar-refractivity contribution in [3.8, 4) is 0 Å². The average Bonchev–Trinajstić information content (AvgIpc) is 2.43. The third kappa shape index (κ3) is 12.7. The predicted octanol–water partition coefficient (Wildman–Crippen LogP) is 2.39. The van der Waals surface area contributed by atoms with Crippen molar-refractivity contribution in [2.75, 3.05) is 12.3 Å². The molecule has 0 bridgehead atoms. The number of hydrogen-bond donors (Lipinski definition) is 3. The van der Waals surface area contributed by atoms with Crippen LogP contribution >= 0.6 is 11.8 Å². The predicted molar refractivity (Wildman–Crippen MR) is 88.5 cm³/mol. The first-order valence-electron chi connectivity index (χ1n) is 7.84. The molecule has 4 N–H and O–H groups in total. The maximum atomic E-state index is 11.6. The molecule has 0 fully saturated rings. The molecule has 1 unspecified atom stereocenters. The molecule has 0 aromatic rings. The minimum absolute atomic E-state index is 0.0845. The molecular weight excluding hydrogens is 288 g/mol. The number of nitrogens with two attached hydrogens (primary N) is 1. The van der Waals surface area contributed by atoms with E-state index in [-0.39, 0.29) is 5.91 Å². The Labute approximate surface area is 132 Å². The number of rotatable bonds is 13. The van der Waals surface area contributed by atoms with Gasteiger partial charge in [-0.2, -0.15) is 11.8 Å². The van der Waals surface area contributed by atoms with E-state index in [0.29, 0.717) is 24.6 Å². The molecule has 0 spiro atoms. The molecule has 0 rings (SSSR count). The lowest BCUT2D eigenvalue weighted by atomic mass is 10.1. The van der Waals surface area contributed by atoms with E-state index in [2.05, 4.69) is 19.2 Å². The molecule has 0 saturated heterocycles. The van der Waals surface area contributed by atoms with E-state index >= 15 is 0 Å². The summed E-state index contributed by atoms with van der Waals surface area (Å²) in [7, 11) is 0. The van der Waals surface area contributed by atoms with Crippen LogP contribution < -0.4 is 11.1 Å². The van der Waals surface area contributed by atoms with E-state index < -0.39 is 12.0 Å². The Morgan fingerprint density at radius 1 is 1.24 bits per heavy atom. The Hall–Kier alpha value is -0.750. The van der Waals surface area contributed by atoms with Crippen molar-refractivity contribution in [1.29, 1.82) is 0 Å². The van der Waals surface area contributed by atoms with Gasteiger partial charge in [-0.3, -0.25) is 9.59 Å². The maximum Gasteiger partial charge on any atom is 0.320 e. The SMILES string of the molecule is CCCC(C)SCCCC(=O)NCCCC[C@H](N)C(=O)O. The highest BCUT2D eigenvalue weighted by Gasteiger charge is 2.10. The zero-order valence-corrected chi connectivity index (χ0v) is 14.1. The van der Waals surface area contributed by atoms with Crippen molar-refractivity contribution in [3.63, 3.8) is 0 Å². The standard InChI is InChI=1S/C15H30N2O3S/c1-3-7-12(2)21-11-6-9-14(18)17-10-5-4-8-13(16)15(19)20/h12-13H,3-11,16H2,1-2H3,(H,17,18)(H,19,20)/t12?,13-/m0/s1. The van der Waals surface area contributed by atoms with Crippen LogP contribution in [0.3, 0.4) is 0 Å². The van der Waals surface area contributed by atoms with Crippen molar-refractivity contribution in [3.05, 3.63) is 0 Å². The molecule has 6 heteroatoms. The lowest BCUT2D eigenvalue weighted by molar-refractivity contribution is -0.138. The summed E-state index contributed by atoms with van der Waals surface area (Å²) < 4.78 is 0. The van der Waals surface area contributed by atoms with E-state index in [0.717, 1.165) is 25.0 Å². The average molecular weight is 318 g/mol. The molecule has 0 saturated carbocycles. The lowest BCUT2D eigenvalue weighted by Crippen LogP contribution is -2.30. The van der Waals surface area contributed by atoms with Gasteiger partial charge in [0.25, 0.3) is 0 Å². The van der Waals surface area contributed by atoms with Crippen molar-refractivity contribution in [1.82, 2.24) is 5.32 Å². The Morgan fingerprint density at radius 2 is 1.95 bits per heavy atom. The van der Waals surface area contributed by atoms with Crippen LogP contribution in [0.4, 0.5) is 0 Å². The quantitative estimate of drug-likeness (QED) is 0.453. The number of nitrogens with one attached hydrogen (secondary N) is 1. The second kappa shape index (κ2) is 13.0. The molecule has 124 valence electrons. The summed E-state index contributed by atoms with van der Waals surface area (Å²) >= 11 is 1.93. The molecule has 0 radical (unpaired) electrons. The zero-order chi connectivity index (χ0) is 16.1. The fourth-order valence-corrected chi connectivity index (χ4v) is 3.05. The summed E-state index contributed by atoms with van der Waals surface area (Å²) in [5.74, 6) is 0.150. The Balaban J connectivity index is 3.41. The first kappa shape index (κ1) is 20.2. The van der Waals surface area contributed by atoms with Crippen molar-refractivity contribution >= 4 is 23.6 Å². The van der Waals surface area contributed by atoms with Gasteiger partial charge in [-0.05, 0) is 37.9 Å². The molecule has 0 heterocycles. The monoisotopic (exact) mass is 318 g/mol. The summed E-state index contributed by atoms with van der Waals surface area (Å²) in [4.78, 5) is 22.1. The van der Waals surface area contributed by atoms with E-state index in [1.54, 1.807) is 0 Å². The largest absolute Gasteiger partial charge is 0.480 e. The van der Waals surface area contributed by atoms with Crippen molar-refractivity contribution in [2.45, 2.75) is 70.1 Å². The van der Waals surface area contributed by atoms with Gasteiger partial charge in [0, 0.05) is 18.2 Å². The highest BCUT2D eigenvalue weighted by Crippen LogP contribution is 2.16. The van der Waals surface area contributed by atoms with Crippen LogP contribution in [0.2, 0.25) is 0 Å². The molecule has 0 aliphatic carbocycles. The third-order valence-corrected chi connectivity index (χ3v) is 4.56. The second-order valence-electron chi connectivity index (χ2n) is 5.36. The van der Waals surface area contributed by atoms with Gasteiger partial charge in [0.05, 0.1) is 0 Å². The Morgan fingerprint density at radius 3 is 2.57 bits per heavy atom. The zero-order valence-electron chi connectivity index (χ0n) is 13.3. The molecule has 0 aromatic heterocycles. The van der Waals surface area contributed by atoms with Gasteiger partial charge >= 0.3 is 5.97 Å². The highest BCUT2D eigenvalue weighted by atomic mass is 32.2. The van der Waals surface area contributed by atoms with Crippen LogP contribution in [0.5, 0.6) is 0 Å². The number of amides is 1. The minimum Gasteiger partial charge on any atom is -0.480 e. The first-order chi connectivity index (χ1) is 9.97. The topological polar surface area (TPSA) is 92.4 Å². The summed E-state index contributed by atoms with van der Waals surface area (Å²) in [5, 5.41) is 12.2.